The molecule has 0 aliphatic heterocycles. The molecule has 0 N–H and O–H groups in total. The van der Waals surface area contributed by atoms with Crippen LogP contribution in [0.2, 0.25) is 0 Å². The summed E-state index contributed by atoms with van der Waals surface area (Å²) in [6.45, 7) is 0. The van der Waals surface area contributed by atoms with Crippen LogP contribution in [0.3, 0.4) is 0 Å². The molecule has 14 rings (SSSR count). The third-order valence-electron chi connectivity index (χ3n) is 12.3. The fourth-order valence-corrected chi connectivity index (χ4v) is 10.00. The largest absolute Gasteiger partial charge is 0.309 e. The number of rotatable bonds is 2. The molecule has 0 saturated carbocycles. The van der Waals surface area contributed by atoms with E-state index >= 15 is 0 Å². The van der Waals surface area contributed by atoms with Crippen LogP contribution in [-0.2, 0) is 0 Å². The molecule has 252 valence electrons. The van der Waals surface area contributed by atoms with Gasteiger partial charge in [0.05, 0.1) is 33.1 Å². The molecule has 0 spiro atoms. The Morgan fingerprint density at radius 2 is 0.909 bits per heavy atom. The van der Waals surface area contributed by atoms with E-state index in [1.165, 1.54) is 81.8 Å². The monoisotopic (exact) mass is 697 g/mol. The summed E-state index contributed by atoms with van der Waals surface area (Å²) in [6.07, 6.45) is 0. The summed E-state index contributed by atoms with van der Waals surface area (Å²) in [4.78, 5) is 11.2. The Morgan fingerprint density at radius 3 is 1.71 bits per heavy atom. The van der Waals surface area contributed by atoms with Crippen LogP contribution in [0, 0.1) is 0 Å². The summed E-state index contributed by atoms with van der Waals surface area (Å²) < 4.78 is 7.13. The summed E-state index contributed by atoms with van der Waals surface area (Å²) in [6, 6.07) is 59.6. The van der Waals surface area contributed by atoms with Crippen molar-refractivity contribution < 1.29 is 0 Å². The van der Waals surface area contributed by atoms with E-state index < -0.39 is 0 Å². The quantitative estimate of drug-likeness (QED) is 0.180. The molecule has 0 saturated heterocycles. The Balaban J connectivity index is 1.10. The molecule has 0 aliphatic rings. The SMILES string of the molecule is c1ccc(-n2c3ccccc3c3cc(-c4cccc5c6cccc7c8nc9c(nc8n(c45)c67)c4cccc5c6cc7ccccc7cc6n9c54)ccc32)cc1. The van der Waals surface area contributed by atoms with Crippen molar-refractivity contribution in [3.63, 3.8) is 0 Å². The van der Waals surface area contributed by atoms with Gasteiger partial charge in [-0.3, -0.25) is 8.80 Å². The molecule has 0 amide bonds. The van der Waals surface area contributed by atoms with Crippen molar-refractivity contribution in [2.24, 2.45) is 0 Å². The molecule has 0 radical (unpaired) electrons. The smallest absolute Gasteiger partial charge is 0.165 e. The molecule has 5 heteroatoms. The fourth-order valence-electron chi connectivity index (χ4n) is 10.00. The van der Waals surface area contributed by atoms with Gasteiger partial charge in [-0.25, -0.2) is 9.97 Å². The Bertz CT molecular complexity index is 3940. The second-order valence-corrected chi connectivity index (χ2v) is 15.0. The summed E-state index contributed by atoms with van der Waals surface area (Å²) in [5.74, 6) is 0. The van der Waals surface area contributed by atoms with E-state index in [0.717, 1.165) is 44.3 Å². The van der Waals surface area contributed by atoms with E-state index in [2.05, 4.69) is 177 Å². The van der Waals surface area contributed by atoms with E-state index in [1.54, 1.807) is 0 Å². The van der Waals surface area contributed by atoms with Gasteiger partial charge in [0, 0.05) is 54.3 Å². The van der Waals surface area contributed by atoms with E-state index in [0.29, 0.717) is 0 Å². The van der Waals surface area contributed by atoms with Crippen molar-refractivity contribution in [1.82, 2.24) is 23.3 Å². The van der Waals surface area contributed by atoms with Gasteiger partial charge in [0.25, 0.3) is 0 Å². The molecule has 8 aromatic carbocycles. The van der Waals surface area contributed by atoms with Crippen LogP contribution in [0.1, 0.15) is 0 Å². The van der Waals surface area contributed by atoms with Crippen molar-refractivity contribution in [1.29, 1.82) is 0 Å². The molecule has 0 fully saturated rings. The zero-order chi connectivity index (χ0) is 35.5. The number of hydrogen-bond acceptors (Lipinski definition) is 2. The second-order valence-electron chi connectivity index (χ2n) is 15.0. The van der Waals surface area contributed by atoms with Crippen molar-refractivity contribution >= 4 is 109 Å². The lowest BCUT2D eigenvalue weighted by Gasteiger charge is -2.09. The minimum Gasteiger partial charge on any atom is -0.309 e. The van der Waals surface area contributed by atoms with Crippen molar-refractivity contribution in [3.8, 4) is 16.8 Å². The molecular weight excluding hydrogens is 671 g/mol. The summed E-state index contributed by atoms with van der Waals surface area (Å²) in [5.41, 5.74) is 14.3. The zero-order valence-electron chi connectivity index (χ0n) is 29.3. The van der Waals surface area contributed by atoms with Gasteiger partial charge >= 0.3 is 0 Å². The lowest BCUT2D eigenvalue weighted by molar-refractivity contribution is 1.18. The van der Waals surface area contributed by atoms with Gasteiger partial charge in [0.2, 0.25) is 0 Å². The maximum Gasteiger partial charge on any atom is 0.165 e. The molecule has 55 heavy (non-hydrogen) atoms. The van der Waals surface area contributed by atoms with Crippen molar-refractivity contribution in [2.75, 3.05) is 0 Å². The molecular formula is C50H27N5. The van der Waals surface area contributed by atoms with Gasteiger partial charge in [-0.1, -0.05) is 121 Å². The molecule has 0 atom stereocenters. The zero-order valence-corrected chi connectivity index (χ0v) is 29.3. The first kappa shape index (κ1) is 28.1. The van der Waals surface area contributed by atoms with Crippen LogP contribution < -0.4 is 0 Å². The third-order valence-corrected chi connectivity index (χ3v) is 12.3. The first-order valence-corrected chi connectivity index (χ1v) is 18.8. The van der Waals surface area contributed by atoms with Crippen LogP contribution in [0.15, 0.2) is 164 Å². The van der Waals surface area contributed by atoms with E-state index in [-0.39, 0.29) is 0 Å². The maximum atomic E-state index is 5.62. The second kappa shape index (κ2) is 9.72. The molecule has 14 aromatic rings. The summed E-state index contributed by atoms with van der Waals surface area (Å²) in [7, 11) is 0. The average Bonchev–Trinajstić information content (AvgIpc) is 4.02. The predicted molar refractivity (Wildman–Crippen MR) is 229 cm³/mol. The summed E-state index contributed by atoms with van der Waals surface area (Å²) >= 11 is 0. The first-order chi connectivity index (χ1) is 27.3. The van der Waals surface area contributed by atoms with Gasteiger partial charge in [-0.2, -0.15) is 0 Å². The molecule has 0 bridgehead atoms. The Hall–Kier alpha value is -7.50. The van der Waals surface area contributed by atoms with Crippen molar-refractivity contribution in [3.05, 3.63) is 164 Å². The molecule has 6 aromatic heterocycles. The molecule has 0 aliphatic carbocycles. The number of hydrogen-bond donors (Lipinski definition) is 0. The van der Waals surface area contributed by atoms with Crippen LogP contribution in [0.5, 0.6) is 0 Å². The van der Waals surface area contributed by atoms with Gasteiger partial charge in [-0.05, 0) is 58.8 Å². The molecule has 5 nitrogen and oxygen atoms in total. The predicted octanol–water partition coefficient (Wildman–Crippen LogP) is 12.7. The summed E-state index contributed by atoms with van der Waals surface area (Å²) in [5, 5.41) is 12.1. The Labute approximate surface area is 312 Å². The van der Waals surface area contributed by atoms with Crippen LogP contribution >= 0.6 is 0 Å². The van der Waals surface area contributed by atoms with E-state index in [9.17, 15) is 0 Å². The topological polar surface area (TPSA) is 39.5 Å². The number of nitrogens with zero attached hydrogens (tertiary/aromatic N) is 5. The average molecular weight is 698 g/mol. The number of benzene rings is 8. The fraction of sp³-hybridized carbons (Fsp3) is 0. The Kier molecular flexibility index (Phi) is 4.96. The van der Waals surface area contributed by atoms with Crippen LogP contribution in [0.4, 0.5) is 0 Å². The lowest BCUT2D eigenvalue weighted by atomic mass is 9.99. The highest BCUT2D eigenvalue weighted by atomic mass is 15.1. The number of fused-ring (bicyclic) bond motifs is 16. The van der Waals surface area contributed by atoms with Crippen molar-refractivity contribution in [2.45, 2.75) is 0 Å². The number of para-hydroxylation sites is 5. The molecule has 6 heterocycles. The van der Waals surface area contributed by atoms with Gasteiger partial charge in [-0.15, -0.1) is 0 Å². The van der Waals surface area contributed by atoms with E-state index in [4.69, 9.17) is 9.97 Å². The first-order valence-electron chi connectivity index (χ1n) is 18.8. The van der Waals surface area contributed by atoms with Crippen LogP contribution in [0.25, 0.3) is 126 Å². The third kappa shape index (κ3) is 3.36. The highest BCUT2D eigenvalue weighted by molar-refractivity contribution is 6.27. The highest BCUT2D eigenvalue weighted by Crippen LogP contribution is 2.45. The van der Waals surface area contributed by atoms with Gasteiger partial charge in [0.15, 0.2) is 11.3 Å². The minimum atomic E-state index is 0.895. The highest BCUT2D eigenvalue weighted by Gasteiger charge is 2.26. The standard InChI is InChI=1S/C50H27N5/c1-2-13-31(14-3-1)53-41-22-7-6-15-33(41)39-26-30(23-24-42(39)53)32-16-8-17-34-35-18-9-21-38-45-50(55(46(32)34)48(35)38)52-44-37-20-10-19-36-40-25-28-11-4-5-12-29(28)27-43(40)54(47(36)37)49(44)51-45/h1-27H. The normalized spacial score (nSPS) is 12.7. The maximum absolute atomic E-state index is 5.62. The van der Waals surface area contributed by atoms with Crippen LogP contribution in [-0.4, -0.2) is 23.3 Å². The Morgan fingerprint density at radius 1 is 0.345 bits per heavy atom. The molecule has 0 unspecified atom stereocenters. The van der Waals surface area contributed by atoms with E-state index in [1.807, 2.05) is 0 Å². The lowest BCUT2D eigenvalue weighted by Crippen LogP contribution is -1.93. The minimum absolute atomic E-state index is 0.895. The van der Waals surface area contributed by atoms with Gasteiger partial charge < -0.3 is 4.57 Å². The number of aromatic nitrogens is 5. The van der Waals surface area contributed by atoms with Gasteiger partial charge in [0.1, 0.15) is 11.0 Å².